The summed E-state index contributed by atoms with van der Waals surface area (Å²) in [6.07, 6.45) is 0.826. The van der Waals surface area contributed by atoms with Gasteiger partial charge in [0.15, 0.2) is 6.61 Å². The third kappa shape index (κ3) is 4.35. The summed E-state index contributed by atoms with van der Waals surface area (Å²) < 4.78 is 7.67. The molecular weight excluding hydrogens is 350 g/mol. The van der Waals surface area contributed by atoms with Crippen LogP contribution >= 0.6 is 11.6 Å². The molecule has 0 saturated carbocycles. The van der Waals surface area contributed by atoms with E-state index in [4.69, 9.17) is 16.3 Å². The second-order valence-electron chi connectivity index (χ2n) is 6.20. The standard InChI is InChI=1S/C20H22ClN3O2/c1-14-12-16(8-9-17(14)21)26-13-20(25)22-10-5-11-24-15(2)23-18-6-3-4-7-19(18)24/h3-4,6-9,12H,5,10-11,13H2,1-2H3,(H,22,25). The summed E-state index contributed by atoms with van der Waals surface area (Å²) in [5, 5.41) is 3.57. The molecule has 1 heterocycles. The van der Waals surface area contributed by atoms with Crippen molar-refractivity contribution in [1.82, 2.24) is 14.9 Å². The van der Waals surface area contributed by atoms with Crippen LogP contribution in [0.4, 0.5) is 0 Å². The van der Waals surface area contributed by atoms with Gasteiger partial charge in [0.1, 0.15) is 11.6 Å². The highest BCUT2D eigenvalue weighted by Crippen LogP contribution is 2.21. The zero-order chi connectivity index (χ0) is 18.5. The summed E-state index contributed by atoms with van der Waals surface area (Å²) in [5.74, 6) is 1.49. The van der Waals surface area contributed by atoms with Crippen LogP contribution in [0.25, 0.3) is 11.0 Å². The summed E-state index contributed by atoms with van der Waals surface area (Å²) in [4.78, 5) is 16.5. The molecule has 0 aliphatic rings. The number of para-hydroxylation sites is 2. The highest BCUT2D eigenvalue weighted by molar-refractivity contribution is 6.31. The van der Waals surface area contributed by atoms with Crippen LogP contribution in [0.15, 0.2) is 42.5 Å². The van der Waals surface area contributed by atoms with Crippen LogP contribution in [0, 0.1) is 13.8 Å². The van der Waals surface area contributed by atoms with Crippen LogP contribution in [-0.4, -0.2) is 28.6 Å². The van der Waals surface area contributed by atoms with Gasteiger partial charge in [-0.15, -0.1) is 0 Å². The van der Waals surface area contributed by atoms with Crippen molar-refractivity contribution in [1.29, 1.82) is 0 Å². The Morgan fingerprint density at radius 1 is 1.23 bits per heavy atom. The Hall–Kier alpha value is -2.53. The third-order valence-corrected chi connectivity index (χ3v) is 4.65. The van der Waals surface area contributed by atoms with Gasteiger partial charge in [0, 0.05) is 18.1 Å². The number of ether oxygens (including phenoxy) is 1. The Morgan fingerprint density at radius 2 is 2.04 bits per heavy atom. The second-order valence-corrected chi connectivity index (χ2v) is 6.61. The Morgan fingerprint density at radius 3 is 2.85 bits per heavy atom. The van der Waals surface area contributed by atoms with Gasteiger partial charge in [-0.2, -0.15) is 0 Å². The molecule has 0 atom stereocenters. The van der Waals surface area contributed by atoms with Crippen molar-refractivity contribution in [2.45, 2.75) is 26.8 Å². The lowest BCUT2D eigenvalue weighted by Gasteiger charge is -2.10. The Bertz CT molecular complexity index is 921. The van der Waals surface area contributed by atoms with Gasteiger partial charge >= 0.3 is 0 Å². The quantitative estimate of drug-likeness (QED) is 0.641. The first-order chi connectivity index (χ1) is 12.5. The molecule has 0 bridgehead atoms. The molecule has 0 radical (unpaired) electrons. The number of carbonyl (C=O) groups is 1. The van der Waals surface area contributed by atoms with E-state index in [1.807, 2.05) is 38.1 Å². The van der Waals surface area contributed by atoms with Crippen molar-refractivity contribution < 1.29 is 9.53 Å². The maximum Gasteiger partial charge on any atom is 0.257 e. The molecule has 6 heteroatoms. The lowest BCUT2D eigenvalue weighted by molar-refractivity contribution is -0.123. The van der Waals surface area contributed by atoms with E-state index in [0.717, 1.165) is 35.4 Å². The number of nitrogens with zero attached hydrogens (tertiary/aromatic N) is 2. The van der Waals surface area contributed by atoms with E-state index in [1.165, 1.54) is 0 Å². The van der Waals surface area contributed by atoms with Crippen LogP contribution in [0.3, 0.4) is 0 Å². The lowest BCUT2D eigenvalue weighted by atomic mass is 10.2. The molecule has 26 heavy (non-hydrogen) atoms. The van der Waals surface area contributed by atoms with Gasteiger partial charge in [-0.05, 0) is 56.2 Å². The van der Waals surface area contributed by atoms with E-state index < -0.39 is 0 Å². The summed E-state index contributed by atoms with van der Waals surface area (Å²) >= 11 is 5.98. The zero-order valence-electron chi connectivity index (χ0n) is 15.0. The minimum atomic E-state index is -0.134. The number of fused-ring (bicyclic) bond motifs is 1. The van der Waals surface area contributed by atoms with E-state index in [9.17, 15) is 4.79 Å². The zero-order valence-corrected chi connectivity index (χ0v) is 15.7. The molecular formula is C20H22ClN3O2. The van der Waals surface area contributed by atoms with Gasteiger partial charge in [0.05, 0.1) is 11.0 Å². The predicted molar refractivity (Wildman–Crippen MR) is 104 cm³/mol. The first kappa shape index (κ1) is 18.3. The number of benzene rings is 2. The minimum absolute atomic E-state index is 0.00585. The smallest absolute Gasteiger partial charge is 0.257 e. The molecule has 0 aliphatic heterocycles. The number of carbonyl (C=O) groups excluding carboxylic acids is 1. The number of amides is 1. The topological polar surface area (TPSA) is 56.1 Å². The van der Waals surface area contributed by atoms with Gasteiger partial charge in [-0.25, -0.2) is 4.98 Å². The van der Waals surface area contributed by atoms with Crippen LogP contribution in [0.5, 0.6) is 5.75 Å². The van der Waals surface area contributed by atoms with Gasteiger partial charge in [0.25, 0.3) is 5.91 Å². The molecule has 0 aliphatic carbocycles. The van der Waals surface area contributed by atoms with Crippen LogP contribution in [0.2, 0.25) is 5.02 Å². The van der Waals surface area contributed by atoms with Crippen LogP contribution < -0.4 is 10.1 Å². The van der Waals surface area contributed by atoms with Crippen molar-refractivity contribution in [2.75, 3.05) is 13.2 Å². The first-order valence-corrected chi connectivity index (χ1v) is 9.00. The first-order valence-electron chi connectivity index (χ1n) is 8.62. The van der Waals surface area contributed by atoms with E-state index >= 15 is 0 Å². The molecule has 0 unspecified atom stereocenters. The van der Waals surface area contributed by atoms with Crippen LogP contribution in [-0.2, 0) is 11.3 Å². The Kier molecular flexibility index (Phi) is 5.78. The van der Waals surface area contributed by atoms with Gasteiger partial charge < -0.3 is 14.6 Å². The number of hydrogen-bond acceptors (Lipinski definition) is 3. The van der Waals surface area contributed by atoms with Gasteiger partial charge in [0.2, 0.25) is 0 Å². The number of aromatic nitrogens is 2. The molecule has 3 aromatic rings. The number of aryl methyl sites for hydroxylation is 3. The van der Waals surface area contributed by atoms with Crippen molar-refractivity contribution in [2.24, 2.45) is 0 Å². The molecule has 0 fully saturated rings. The highest BCUT2D eigenvalue weighted by Gasteiger charge is 2.07. The second kappa shape index (κ2) is 8.23. The molecule has 2 aromatic carbocycles. The van der Waals surface area contributed by atoms with E-state index in [1.54, 1.807) is 12.1 Å². The number of halogens is 1. The maximum absolute atomic E-state index is 11.9. The van der Waals surface area contributed by atoms with E-state index in [0.29, 0.717) is 17.3 Å². The summed E-state index contributed by atoms with van der Waals surface area (Å²) in [6.45, 7) is 5.29. The maximum atomic E-state index is 11.9. The van der Waals surface area contributed by atoms with Crippen molar-refractivity contribution in [3.8, 4) is 5.75 Å². The van der Waals surface area contributed by atoms with Gasteiger partial charge in [-0.3, -0.25) is 4.79 Å². The molecule has 1 N–H and O–H groups in total. The summed E-state index contributed by atoms with van der Waals surface area (Å²) in [5.41, 5.74) is 3.05. The predicted octanol–water partition coefficient (Wildman–Crippen LogP) is 3.89. The average molecular weight is 372 g/mol. The molecule has 1 amide bonds. The Balaban J connectivity index is 1.43. The SMILES string of the molecule is Cc1cc(OCC(=O)NCCCn2c(C)nc3ccccc32)ccc1Cl. The van der Waals surface area contributed by atoms with Gasteiger partial charge in [-0.1, -0.05) is 23.7 Å². The summed E-state index contributed by atoms with van der Waals surface area (Å²) in [6, 6.07) is 13.4. The summed E-state index contributed by atoms with van der Waals surface area (Å²) in [7, 11) is 0. The number of hydrogen-bond donors (Lipinski definition) is 1. The van der Waals surface area contributed by atoms with E-state index in [-0.39, 0.29) is 12.5 Å². The molecule has 3 rings (SSSR count). The third-order valence-electron chi connectivity index (χ3n) is 4.23. The molecule has 1 aromatic heterocycles. The van der Waals surface area contributed by atoms with Crippen molar-refractivity contribution >= 4 is 28.5 Å². The fourth-order valence-corrected chi connectivity index (χ4v) is 2.97. The molecule has 5 nitrogen and oxygen atoms in total. The average Bonchev–Trinajstić information content (AvgIpc) is 2.95. The minimum Gasteiger partial charge on any atom is -0.484 e. The largest absolute Gasteiger partial charge is 0.484 e. The highest BCUT2D eigenvalue weighted by atomic mass is 35.5. The fraction of sp³-hybridized carbons (Fsp3) is 0.300. The van der Waals surface area contributed by atoms with Crippen molar-refractivity contribution in [3.63, 3.8) is 0 Å². The number of rotatable bonds is 7. The van der Waals surface area contributed by atoms with Crippen molar-refractivity contribution in [3.05, 3.63) is 58.9 Å². The molecule has 136 valence electrons. The lowest BCUT2D eigenvalue weighted by Crippen LogP contribution is -2.30. The van der Waals surface area contributed by atoms with E-state index in [2.05, 4.69) is 20.9 Å². The number of nitrogens with one attached hydrogen (secondary N) is 1. The monoisotopic (exact) mass is 371 g/mol. The van der Waals surface area contributed by atoms with Crippen LogP contribution in [0.1, 0.15) is 17.8 Å². The molecule has 0 saturated heterocycles. The fourth-order valence-electron chi connectivity index (χ4n) is 2.85. The normalized spacial score (nSPS) is 10.9. The molecule has 0 spiro atoms. The Labute approximate surface area is 157 Å². The number of imidazole rings is 1.